The third-order valence-electron chi connectivity index (χ3n) is 1.67. The summed E-state index contributed by atoms with van der Waals surface area (Å²) in [4.78, 5) is 7.42. The molecular weight excluding hydrogens is 150 g/mol. The first kappa shape index (κ1) is 9.26. The van der Waals surface area contributed by atoms with E-state index in [0.29, 0.717) is 6.04 Å². The Morgan fingerprint density at radius 2 is 2.33 bits per heavy atom. The standard InChI is InChI=1S/C9H17N3/c1-7(2)10-5-4-9-11-6-8(3)12-9/h6-7,10H,4-5H2,1-3H3,(H,11,12). The summed E-state index contributed by atoms with van der Waals surface area (Å²) in [6, 6.07) is 0.557. The zero-order chi connectivity index (χ0) is 8.97. The number of nitrogens with one attached hydrogen (secondary N) is 2. The van der Waals surface area contributed by atoms with Crippen LogP contribution in [0.5, 0.6) is 0 Å². The quantitative estimate of drug-likeness (QED) is 0.708. The molecule has 3 nitrogen and oxygen atoms in total. The zero-order valence-electron chi connectivity index (χ0n) is 8.02. The molecule has 0 aliphatic rings. The monoisotopic (exact) mass is 167 g/mol. The maximum absolute atomic E-state index is 4.22. The summed E-state index contributed by atoms with van der Waals surface area (Å²) < 4.78 is 0. The van der Waals surface area contributed by atoms with Gasteiger partial charge in [0.15, 0.2) is 0 Å². The van der Waals surface area contributed by atoms with Crippen molar-refractivity contribution in [2.45, 2.75) is 33.2 Å². The molecule has 1 aromatic rings. The van der Waals surface area contributed by atoms with E-state index in [0.717, 1.165) is 24.5 Å². The van der Waals surface area contributed by atoms with Gasteiger partial charge in [0.25, 0.3) is 0 Å². The molecule has 0 radical (unpaired) electrons. The van der Waals surface area contributed by atoms with Crippen LogP contribution in [0.3, 0.4) is 0 Å². The summed E-state index contributed by atoms with van der Waals surface area (Å²) in [5.41, 5.74) is 1.13. The van der Waals surface area contributed by atoms with Crippen molar-refractivity contribution >= 4 is 0 Å². The number of aryl methyl sites for hydroxylation is 1. The van der Waals surface area contributed by atoms with Gasteiger partial charge < -0.3 is 10.3 Å². The topological polar surface area (TPSA) is 40.7 Å². The molecule has 68 valence electrons. The molecular formula is C9H17N3. The van der Waals surface area contributed by atoms with Gasteiger partial charge in [0.2, 0.25) is 0 Å². The Labute approximate surface area is 73.6 Å². The fourth-order valence-electron chi connectivity index (χ4n) is 1.07. The predicted molar refractivity (Wildman–Crippen MR) is 50.2 cm³/mol. The molecule has 0 fully saturated rings. The first-order valence-corrected chi connectivity index (χ1v) is 4.42. The van der Waals surface area contributed by atoms with Gasteiger partial charge in [-0.3, -0.25) is 0 Å². The van der Waals surface area contributed by atoms with E-state index in [2.05, 4.69) is 29.1 Å². The SMILES string of the molecule is Cc1cnc(CCNC(C)C)[nH]1. The van der Waals surface area contributed by atoms with Crippen LogP contribution in [0.15, 0.2) is 6.20 Å². The summed E-state index contributed by atoms with van der Waals surface area (Å²) >= 11 is 0. The molecule has 0 bridgehead atoms. The Balaban J connectivity index is 2.24. The van der Waals surface area contributed by atoms with Gasteiger partial charge in [-0.2, -0.15) is 0 Å². The van der Waals surface area contributed by atoms with Crippen molar-refractivity contribution in [2.24, 2.45) is 0 Å². The van der Waals surface area contributed by atoms with Gasteiger partial charge in [0.05, 0.1) is 0 Å². The number of rotatable bonds is 4. The molecule has 0 spiro atoms. The molecule has 0 saturated carbocycles. The second kappa shape index (κ2) is 4.26. The Morgan fingerprint density at radius 3 is 2.83 bits per heavy atom. The largest absolute Gasteiger partial charge is 0.346 e. The summed E-state index contributed by atoms with van der Waals surface area (Å²) in [7, 11) is 0. The average molecular weight is 167 g/mol. The van der Waals surface area contributed by atoms with Gasteiger partial charge in [-0.15, -0.1) is 0 Å². The number of imidazole rings is 1. The van der Waals surface area contributed by atoms with Crippen LogP contribution in [0.4, 0.5) is 0 Å². The molecule has 1 rings (SSSR count). The third-order valence-corrected chi connectivity index (χ3v) is 1.67. The Kier molecular flexibility index (Phi) is 3.29. The Morgan fingerprint density at radius 1 is 1.58 bits per heavy atom. The van der Waals surface area contributed by atoms with Crippen LogP contribution in [-0.4, -0.2) is 22.6 Å². The zero-order valence-corrected chi connectivity index (χ0v) is 8.02. The van der Waals surface area contributed by atoms with Gasteiger partial charge in [0.1, 0.15) is 5.82 Å². The van der Waals surface area contributed by atoms with E-state index < -0.39 is 0 Å². The van der Waals surface area contributed by atoms with Crippen LogP contribution in [0, 0.1) is 6.92 Å². The molecule has 3 heteroatoms. The van der Waals surface area contributed by atoms with Crippen molar-refractivity contribution in [3.63, 3.8) is 0 Å². The minimum Gasteiger partial charge on any atom is -0.346 e. The van der Waals surface area contributed by atoms with E-state index in [9.17, 15) is 0 Å². The van der Waals surface area contributed by atoms with Crippen LogP contribution in [-0.2, 0) is 6.42 Å². The summed E-state index contributed by atoms with van der Waals surface area (Å²) in [5.74, 6) is 1.07. The lowest BCUT2D eigenvalue weighted by atomic mass is 10.3. The van der Waals surface area contributed by atoms with Gasteiger partial charge in [-0.25, -0.2) is 4.98 Å². The summed E-state index contributed by atoms with van der Waals surface area (Å²) in [6.07, 6.45) is 2.84. The molecule has 12 heavy (non-hydrogen) atoms. The Hall–Kier alpha value is -0.830. The first-order chi connectivity index (χ1) is 5.68. The highest BCUT2D eigenvalue weighted by atomic mass is 14.9. The van der Waals surface area contributed by atoms with E-state index >= 15 is 0 Å². The first-order valence-electron chi connectivity index (χ1n) is 4.42. The summed E-state index contributed by atoms with van der Waals surface area (Å²) in [6.45, 7) is 7.30. The summed E-state index contributed by atoms with van der Waals surface area (Å²) in [5, 5.41) is 3.34. The third kappa shape index (κ3) is 3.05. The number of hydrogen-bond donors (Lipinski definition) is 2. The van der Waals surface area contributed by atoms with Crippen molar-refractivity contribution in [3.8, 4) is 0 Å². The smallest absolute Gasteiger partial charge is 0.107 e. The number of aromatic amines is 1. The van der Waals surface area contributed by atoms with Crippen molar-refractivity contribution in [1.82, 2.24) is 15.3 Å². The maximum Gasteiger partial charge on any atom is 0.107 e. The van der Waals surface area contributed by atoms with Crippen LogP contribution in [0.25, 0.3) is 0 Å². The molecule has 0 aliphatic carbocycles. The molecule has 0 amide bonds. The number of hydrogen-bond acceptors (Lipinski definition) is 2. The van der Waals surface area contributed by atoms with Crippen LogP contribution >= 0.6 is 0 Å². The van der Waals surface area contributed by atoms with Crippen molar-refractivity contribution in [2.75, 3.05) is 6.54 Å². The van der Waals surface area contributed by atoms with Gasteiger partial charge in [0, 0.05) is 30.9 Å². The van der Waals surface area contributed by atoms with E-state index in [1.165, 1.54) is 0 Å². The maximum atomic E-state index is 4.22. The average Bonchev–Trinajstić information content (AvgIpc) is 2.35. The van der Waals surface area contributed by atoms with Crippen molar-refractivity contribution < 1.29 is 0 Å². The minimum absolute atomic E-state index is 0.557. The highest BCUT2D eigenvalue weighted by Gasteiger charge is 1.97. The molecule has 0 unspecified atom stereocenters. The lowest BCUT2D eigenvalue weighted by Gasteiger charge is -2.05. The second-order valence-electron chi connectivity index (χ2n) is 3.37. The fraction of sp³-hybridized carbons (Fsp3) is 0.667. The number of H-pyrrole nitrogens is 1. The molecule has 1 aromatic heterocycles. The lowest BCUT2D eigenvalue weighted by molar-refractivity contribution is 0.584. The van der Waals surface area contributed by atoms with Gasteiger partial charge in [-0.05, 0) is 6.92 Å². The molecule has 0 aliphatic heterocycles. The van der Waals surface area contributed by atoms with Crippen molar-refractivity contribution in [1.29, 1.82) is 0 Å². The fourth-order valence-corrected chi connectivity index (χ4v) is 1.07. The van der Waals surface area contributed by atoms with E-state index in [4.69, 9.17) is 0 Å². The molecule has 0 atom stereocenters. The molecule has 0 aromatic carbocycles. The van der Waals surface area contributed by atoms with Crippen molar-refractivity contribution in [3.05, 3.63) is 17.7 Å². The lowest BCUT2D eigenvalue weighted by Crippen LogP contribution is -2.25. The van der Waals surface area contributed by atoms with Gasteiger partial charge in [-0.1, -0.05) is 13.8 Å². The molecule has 0 saturated heterocycles. The number of nitrogens with zero attached hydrogens (tertiary/aromatic N) is 1. The van der Waals surface area contributed by atoms with Crippen LogP contribution < -0.4 is 5.32 Å². The van der Waals surface area contributed by atoms with Crippen LogP contribution in [0.2, 0.25) is 0 Å². The minimum atomic E-state index is 0.557. The van der Waals surface area contributed by atoms with E-state index in [-0.39, 0.29) is 0 Å². The van der Waals surface area contributed by atoms with E-state index in [1.807, 2.05) is 13.1 Å². The highest BCUT2D eigenvalue weighted by Crippen LogP contribution is 1.94. The second-order valence-corrected chi connectivity index (χ2v) is 3.37. The van der Waals surface area contributed by atoms with E-state index in [1.54, 1.807) is 0 Å². The number of aromatic nitrogens is 2. The van der Waals surface area contributed by atoms with Crippen LogP contribution in [0.1, 0.15) is 25.4 Å². The molecule has 1 heterocycles. The molecule has 2 N–H and O–H groups in total. The highest BCUT2D eigenvalue weighted by molar-refractivity contribution is 4.98. The van der Waals surface area contributed by atoms with Gasteiger partial charge >= 0.3 is 0 Å². The predicted octanol–water partition coefficient (Wildman–Crippen LogP) is 1.26. The normalized spacial score (nSPS) is 11.0. The Bertz CT molecular complexity index is 227.